The second-order valence-electron chi connectivity index (χ2n) is 4.50. The van der Waals surface area contributed by atoms with Gasteiger partial charge in [-0.2, -0.15) is 4.99 Å². The zero-order chi connectivity index (χ0) is 16.6. The molecule has 0 radical (unpaired) electrons. The van der Waals surface area contributed by atoms with Gasteiger partial charge in [-0.05, 0) is 24.6 Å². The highest BCUT2D eigenvalue weighted by molar-refractivity contribution is 7.93. The predicted molar refractivity (Wildman–Crippen MR) is 88.4 cm³/mol. The molecule has 9 nitrogen and oxygen atoms in total. The van der Waals surface area contributed by atoms with Crippen LogP contribution in [-0.2, 0) is 19.7 Å². The second-order valence-corrected chi connectivity index (χ2v) is 8.47. The number of hydrogen-bond acceptors (Lipinski definition) is 5. The van der Waals surface area contributed by atoms with Gasteiger partial charge in [0.1, 0.15) is 0 Å². The zero-order valence-electron chi connectivity index (χ0n) is 12.5. The van der Waals surface area contributed by atoms with Gasteiger partial charge in [-0.25, -0.2) is 16.8 Å². The number of halogens is 1. The van der Waals surface area contributed by atoms with Crippen molar-refractivity contribution >= 4 is 43.9 Å². The minimum absolute atomic E-state index is 0. The van der Waals surface area contributed by atoms with Crippen molar-refractivity contribution in [2.75, 3.05) is 12.5 Å². The van der Waals surface area contributed by atoms with Crippen molar-refractivity contribution in [2.24, 2.45) is 16.5 Å². The van der Waals surface area contributed by atoms with Crippen LogP contribution in [0.3, 0.4) is 0 Å². The standard InChI is InChI=1S/C11H15N3O5S2.ClH.H2O/c1-6-4-8(20(2,16)17)9(21(3,18)19)5-7(6)10(15)14-11(12)13;;/h4-5H,1-3H3,(H4,12,13,14,15);1H;1H2. The molecule has 0 spiro atoms. The lowest BCUT2D eigenvalue weighted by Gasteiger charge is -2.10. The molecule has 0 bridgehead atoms. The van der Waals surface area contributed by atoms with Crippen LogP contribution in [0.15, 0.2) is 26.9 Å². The first-order chi connectivity index (χ1) is 9.34. The van der Waals surface area contributed by atoms with Crippen LogP contribution in [0, 0.1) is 6.92 Å². The monoisotopic (exact) mass is 387 g/mol. The molecule has 0 aliphatic rings. The first-order valence-electron chi connectivity index (χ1n) is 5.52. The van der Waals surface area contributed by atoms with E-state index in [2.05, 4.69) is 4.99 Å². The number of amides is 1. The Kier molecular flexibility index (Phi) is 7.92. The van der Waals surface area contributed by atoms with Crippen LogP contribution in [0.5, 0.6) is 0 Å². The van der Waals surface area contributed by atoms with Gasteiger partial charge in [0.15, 0.2) is 25.6 Å². The van der Waals surface area contributed by atoms with E-state index < -0.39 is 36.4 Å². The molecule has 0 fully saturated rings. The number of nitrogens with zero attached hydrogens (tertiary/aromatic N) is 1. The summed E-state index contributed by atoms with van der Waals surface area (Å²) in [5, 5.41) is 0. The van der Waals surface area contributed by atoms with Crippen LogP contribution in [-0.4, -0.2) is 46.7 Å². The molecule has 0 unspecified atom stereocenters. The van der Waals surface area contributed by atoms with E-state index in [0.29, 0.717) is 0 Å². The summed E-state index contributed by atoms with van der Waals surface area (Å²) in [5.74, 6) is -1.33. The highest BCUT2D eigenvalue weighted by Crippen LogP contribution is 2.25. The number of guanidine groups is 1. The van der Waals surface area contributed by atoms with Crippen LogP contribution < -0.4 is 11.5 Å². The average molecular weight is 388 g/mol. The number of sulfone groups is 2. The Labute approximate surface area is 140 Å². The van der Waals surface area contributed by atoms with Gasteiger partial charge in [0.25, 0.3) is 5.91 Å². The fourth-order valence-electron chi connectivity index (χ4n) is 1.65. The third kappa shape index (κ3) is 5.78. The summed E-state index contributed by atoms with van der Waals surface area (Å²) in [7, 11) is -7.64. The van der Waals surface area contributed by atoms with E-state index in [1.807, 2.05) is 0 Å². The van der Waals surface area contributed by atoms with Crippen molar-refractivity contribution < 1.29 is 27.1 Å². The van der Waals surface area contributed by atoms with Gasteiger partial charge in [-0.1, -0.05) is 0 Å². The molecule has 1 amide bonds. The number of hydrogen-bond donors (Lipinski definition) is 2. The lowest BCUT2D eigenvalue weighted by atomic mass is 10.1. The Bertz CT molecular complexity index is 843. The highest BCUT2D eigenvalue weighted by Gasteiger charge is 2.24. The third-order valence-electron chi connectivity index (χ3n) is 2.55. The maximum absolute atomic E-state index is 11.8. The smallest absolute Gasteiger partial charge is 0.280 e. The van der Waals surface area contributed by atoms with E-state index in [0.717, 1.165) is 24.6 Å². The van der Waals surface area contributed by atoms with Gasteiger partial charge < -0.3 is 16.9 Å². The Morgan fingerprint density at radius 1 is 1.00 bits per heavy atom. The van der Waals surface area contributed by atoms with Crippen LogP contribution in [0.2, 0.25) is 0 Å². The maximum atomic E-state index is 11.8. The molecule has 0 aromatic heterocycles. The molecule has 6 N–H and O–H groups in total. The van der Waals surface area contributed by atoms with E-state index in [1.165, 1.54) is 6.92 Å². The van der Waals surface area contributed by atoms with Crippen LogP contribution in [0.4, 0.5) is 0 Å². The minimum atomic E-state index is -3.86. The van der Waals surface area contributed by atoms with Crippen molar-refractivity contribution in [1.82, 2.24) is 0 Å². The number of rotatable bonds is 3. The molecule has 0 aliphatic heterocycles. The molecule has 0 saturated carbocycles. The summed E-state index contributed by atoms with van der Waals surface area (Å²) in [5.41, 5.74) is 10.4. The van der Waals surface area contributed by atoms with Gasteiger partial charge >= 0.3 is 0 Å². The number of aryl methyl sites for hydroxylation is 1. The fraction of sp³-hybridized carbons (Fsp3) is 0.273. The molecule has 23 heavy (non-hydrogen) atoms. The van der Waals surface area contributed by atoms with Gasteiger partial charge in [0.05, 0.1) is 9.79 Å². The van der Waals surface area contributed by atoms with Gasteiger partial charge in [0, 0.05) is 18.1 Å². The second kappa shape index (κ2) is 7.73. The third-order valence-corrected chi connectivity index (χ3v) is 4.95. The molecular formula is C11H18ClN3O6S2. The van der Waals surface area contributed by atoms with Crippen molar-refractivity contribution in [3.8, 4) is 0 Å². The lowest BCUT2D eigenvalue weighted by molar-refractivity contribution is 0.100. The van der Waals surface area contributed by atoms with E-state index >= 15 is 0 Å². The molecule has 132 valence electrons. The first kappa shape index (κ1) is 23.6. The molecule has 0 aliphatic carbocycles. The molecular weight excluding hydrogens is 370 g/mol. The van der Waals surface area contributed by atoms with Crippen molar-refractivity contribution in [1.29, 1.82) is 0 Å². The quantitative estimate of drug-likeness (QED) is 0.482. The van der Waals surface area contributed by atoms with Crippen LogP contribution in [0.1, 0.15) is 15.9 Å². The van der Waals surface area contributed by atoms with Gasteiger partial charge in [0.2, 0.25) is 0 Å². The molecule has 12 heteroatoms. The molecule has 0 heterocycles. The van der Waals surface area contributed by atoms with E-state index in [1.54, 1.807) is 0 Å². The summed E-state index contributed by atoms with van der Waals surface area (Å²) in [6.07, 6.45) is 1.73. The summed E-state index contributed by atoms with van der Waals surface area (Å²) in [4.78, 5) is 14.3. The molecule has 1 aromatic carbocycles. The average Bonchev–Trinajstić information content (AvgIpc) is 2.24. The summed E-state index contributed by atoms with van der Waals surface area (Å²) in [6.45, 7) is 1.45. The Morgan fingerprint density at radius 2 is 1.39 bits per heavy atom. The van der Waals surface area contributed by atoms with E-state index in [9.17, 15) is 21.6 Å². The Morgan fingerprint density at radius 3 is 1.74 bits per heavy atom. The molecule has 0 saturated heterocycles. The van der Waals surface area contributed by atoms with Crippen LogP contribution in [0.25, 0.3) is 0 Å². The number of carbonyl (C=O) groups excluding carboxylic acids is 1. The van der Waals surface area contributed by atoms with Crippen molar-refractivity contribution in [2.45, 2.75) is 16.7 Å². The predicted octanol–water partition coefficient (Wildman–Crippen LogP) is -1.19. The van der Waals surface area contributed by atoms with Crippen molar-refractivity contribution in [3.63, 3.8) is 0 Å². The highest BCUT2D eigenvalue weighted by atomic mass is 35.5. The number of aliphatic imine (C=N–C) groups is 1. The van der Waals surface area contributed by atoms with Crippen molar-refractivity contribution in [3.05, 3.63) is 23.3 Å². The van der Waals surface area contributed by atoms with Gasteiger partial charge in [-0.15, -0.1) is 12.4 Å². The lowest BCUT2D eigenvalue weighted by Crippen LogP contribution is -2.24. The maximum Gasteiger partial charge on any atom is 0.280 e. The normalized spacial score (nSPS) is 10.9. The zero-order valence-corrected chi connectivity index (χ0v) is 15.0. The number of benzene rings is 1. The first-order valence-corrected chi connectivity index (χ1v) is 9.31. The number of carbonyl (C=O) groups is 1. The number of nitrogens with two attached hydrogens (primary N) is 2. The topological polar surface area (TPSA) is 181 Å². The summed E-state index contributed by atoms with van der Waals surface area (Å²) in [6, 6.07) is 2.08. The molecule has 1 aromatic rings. The largest absolute Gasteiger partial charge is 0.412 e. The summed E-state index contributed by atoms with van der Waals surface area (Å²) >= 11 is 0. The fourth-order valence-corrected chi connectivity index (χ4v) is 4.13. The van der Waals surface area contributed by atoms with Gasteiger partial charge in [-0.3, -0.25) is 4.79 Å². The van der Waals surface area contributed by atoms with E-state index in [4.69, 9.17) is 11.5 Å². The minimum Gasteiger partial charge on any atom is -0.412 e. The molecule has 0 atom stereocenters. The SMILES string of the molecule is Cc1cc(S(C)(=O)=O)c(S(C)(=O)=O)cc1C(=O)N=C(N)N.Cl.O. The Hall–Kier alpha value is -1.69. The molecule has 1 rings (SSSR count). The summed E-state index contributed by atoms with van der Waals surface area (Å²) < 4.78 is 46.9. The Balaban J connectivity index is 0. The van der Waals surface area contributed by atoms with Crippen LogP contribution >= 0.6 is 12.4 Å². The van der Waals surface area contributed by atoms with E-state index in [-0.39, 0.29) is 33.9 Å².